The predicted octanol–water partition coefficient (Wildman–Crippen LogP) is 5.76. The Hall–Kier alpha value is -2.42. The molecule has 0 aliphatic rings. The van der Waals surface area contributed by atoms with Gasteiger partial charge < -0.3 is 9.53 Å². The average Bonchev–Trinajstić information content (AvgIpc) is 2.56. The number of allylic oxidation sites excluding steroid dienone is 1. The first kappa shape index (κ1) is 18.9. The third-order valence-corrected chi connectivity index (χ3v) is 3.98. The van der Waals surface area contributed by atoms with Gasteiger partial charge in [0.25, 0.3) is 0 Å². The second-order valence-corrected chi connectivity index (χ2v) is 6.62. The minimum absolute atomic E-state index is 0.208. The fourth-order valence-corrected chi connectivity index (χ4v) is 2.73. The van der Waals surface area contributed by atoms with E-state index in [2.05, 4.69) is 31.0 Å². The number of ketones is 1. The summed E-state index contributed by atoms with van der Waals surface area (Å²) in [6.45, 7) is 7.89. The summed E-state index contributed by atoms with van der Waals surface area (Å²) < 4.78 is 5.90. The van der Waals surface area contributed by atoms with Gasteiger partial charge in [0.2, 0.25) is 5.88 Å². The molecule has 1 atom stereocenters. The summed E-state index contributed by atoms with van der Waals surface area (Å²) in [4.78, 5) is 15.5. The van der Waals surface area contributed by atoms with Crippen molar-refractivity contribution in [2.24, 2.45) is 5.92 Å². The van der Waals surface area contributed by atoms with E-state index in [1.807, 2.05) is 37.3 Å². The predicted molar refractivity (Wildman–Crippen MR) is 103 cm³/mol. The quantitative estimate of drug-likeness (QED) is 0.614. The highest BCUT2D eigenvalue weighted by Gasteiger charge is 2.04. The maximum Gasteiger partial charge on any atom is 0.219 e. The summed E-state index contributed by atoms with van der Waals surface area (Å²) >= 11 is 0. The van der Waals surface area contributed by atoms with Gasteiger partial charge in [0.15, 0.2) is 0 Å². The molecule has 0 fully saturated rings. The summed E-state index contributed by atoms with van der Waals surface area (Å²) in [7, 11) is 0. The standard InChI is InChI=1S/C22H27NO2/c1-5-6-19-9-11-21(17(3)14-19)25-22-12-10-20(15-23-22)8-7-16(2)13-18(4)24/h7-12,14-16H,5-6,13H2,1-4H3/b8-7+/t16-/m0/s1. The molecular weight excluding hydrogens is 310 g/mol. The van der Waals surface area contributed by atoms with Crippen molar-refractivity contribution in [2.75, 3.05) is 0 Å². The molecule has 0 aliphatic carbocycles. The molecule has 2 rings (SSSR count). The Kier molecular flexibility index (Phi) is 6.93. The van der Waals surface area contributed by atoms with E-state index in [9.17, 15) is 4.79 Å². The molecule has 0 aliphatic heterocycles. The van der Waals surface area contributed by atoms with Crippen LogP contribution in [0.3, 0.4) is 0 Å². The van der Waals surface area contributed by atoms with Crippen molar-refractivity contribution >= 4 is 11.9 Å². The minimum atomic E-state index is 0.208. The molecular formula is C22H27NO2. The lowest BCUT2D eigenvalue weighted by atomic mass is 10.0. The van der Waals surface area contributed by atoms with Crippen LogP contribution in [0.1, 0.15) is 50.3 Å². The van der Waals surface area contributed by atoms with Crippen molar-refractivity contribution in [3.05, 3.63) is 59.3 Å². The number of carbonyl (C=O) groups is 1. The smallest absolute Gasteiger partial charge is 0.219 e. The van der Waals surface area contributed by atoms with Crippen molar-refractivity contribution in [1.29, 1.82) is 0 Å². The van der Waals surface area contributed by atoms with Crippen LogP contribution in [0.25, 0.3) is 6.08 Å². The zero-order chi connectivity index (χ0) is 18.2. The van der Waals surface area contributed by atoms with E-state index in [0.717, 1.165) is 29.7 Å². The van der Waals surface area contributed by atoms with Crippen LogP contribution in [0, 0.1) is 12.8 Å². The van der Waals surface area contributed by atoms with Crippen LogP contribution in [-0.2, 0) is 11.2 Å². The van der Waals surface area contributed by atoms with Crippen molar-refractivity contribution in [3.63, 3.8) is 0 Å². The molecule has 0 N–H and O–H groups in total. The lowest BCUT2D eigenvalue weighted by molar-refractivity contribution is -0.117. The Balaban J connectivity index is 2.00. The van der Waals surface area contributed by atoms with Crippen LogP contribution in [-0.4, -0.2) is 10.8 Å². The van der Waals surface area contributed by atoms with E-state index >= 15 is 0 Å². The normalized spacial score (nSPS) is 12.3. The lowest BCUT2D eigenvalue weighted by Crippen LogP contribution is -1.97. The van der Waals surface area contributed by atoms with Crippen molar-refractivity contribution in [3.8, 4) is 11.6 Å². The Bertz CT molecular complexity index is 732. The molecule has 0 saturated heterocycles. The number of hydrogen-bond acceptors (Lipinski definition) is 3. The number of hydrogen-bond donors (Lipinski definition) is 0. The van der Waals surface area contributed by atoms with Crippen LogP contribution in [0.15, 0.2) is 42.6 Å². The second kappa shape index (κ2) is 9.16. The van der Waals surface area contributed by atoms with E-state index in [4.69, 9.17) is 4.74 Å². The number of benzene rings is 1. The maximum atomic E-state index is 11.1. The molecule has 0 unspecified atom stereocenters. The van der Waals surface area contributed by atoms with Gasteiger partial charge in [-0.25, -0.2) is 4.98 Å². The largest absolute Gasteiger partial charge is 0.439 e. The highest BCUT2D eigenvalue weighted by molar-refractivity contribution is 5.76. The number of pyridine rings is 1. The second-order valence-electron chi connectivity index (χ2n) is 6.62. The summed E-state index contributed by atoms with van der Waals surface area (Å²) in [5.41, 5.74) is 3.45. The molecule has 0 bridgehead atoms. The van der Waals surface area contributed by atoms with Crippen molar-refractivity contribution in [1.82, 2.24) is 4.98 Å². The van der Waals surface area contributed by atoms with Crippen LogP contribution in [0.5, 0.6) is 11.6 Å². The number of ether oxygens (including phenoxy) is 1. The third kappa shape index (κ3) is 6.18. The zero-order valence-electron chi connectivity index (χ0n) is 15.6. The Morgan fingerprint density at radius 1 is 1.28 bits per heavy atom. The van der Waals surface area contributed by atoms with Crippen molar-refractivity contribution < 1.29 is 9.53 Å². The van der Waals surface area contributed by atoms with E-state index < -0.39 is 0 Å². The zero-order valence-corrected chi connectivity index (χ0v) is 15.6. The van der Waals surface area contributed by atoms with Gasteiger partial charge in [0, 0.05) is 18.7 Å². The fourth-order valence-electron chi connectivity index (χ4n) is 2.73. The third-order valence-electron chi connectivity index (χ3n) is 3.98. The highest BCUT2D eigenvalue weighted by atomic mass is 16.5. The number of aromatic nitrogens is 1. The number of rotatable bonds is 8. The molecule has 0 amide bonds. The molecule has 25 heavy (non-hydrogen) atoms. The van der Waals surface area contributed by atoms with Gasteiger partial charge in [-0.15, -0.1) is 0 Å². The van der Waals surface area contributed by atoms with Gasteiger partial charge in [-0.05, 0) is 55.0 Å². The van der Waals surface area contributed by atoms with Crippen LogP contribution in [0.4, 0.5) is 0 Å². The average molecular weight is 337 g/mol. The summed E-state index contributed by atoms with van der Waals surface area (Å²) in [5, 5.41) is 0. The highest BCUT2D eigenvalue weighted by Crippen LogP contribution is 2.25. The molecule has 3 nitrogen and oxygen atoms in total. The first-order valence-corrected chi connectivity index (χ1v) is 8.89. The Labute approximate surface area is 150 Å². The summed E-state index contributed by atoms with van der Waals surface area (Å²) in [5.74, 6) is 1.86. The summed E-state index contributed by atoms with van der Waals surface area (Å²) in [6, 6.07) is 10.1. The number of nitrogens with zero attached hydrogens (tertiary/aromatic N) is 1. The van der Waals surface area contributed by atoms with Gasteiger partial charge in [0.1, 0.15) is 11.5 Å². The van der Waals surface area contributed by atoms with Crippen LogP contribution in [0.2, 0.25) is 0 Å². The molecule has 1 heterocycles. The number of aryl methyl sites for hydroxylation is 2. The molecule has 132 valence electrons. The topological polar surface area (TPSA) is 39.2 Å². The van der Waals surface area contributed by atoms with Gasteiger partial charge in [-0.2, -0.15) is 0 Å². The van der Waals surface area contributed by atoms with E-state index in [0.29, 0.717) is 12.3 Å². The van der Waals surface area contributed by atoms with Gasteiger partial charge in [0.05, 0.1) is 0 Å². The Morgan fingerprint density at radius 3 is 2.68 bits per heavy atom. The molecule has 1 aromatic heterocycles. The fraction of sp³-hybridized carbons (Fsp3) is 0.364. The minimum Gasteiger partial charge on any atom is -0.439 e. The molecule has 1 aromatic carbocycles. The molecule has 2 aromatic rings. The van der Waals surface area contributed by atoms with Crippen LogP contribution >= 0.6 is 0 Å². The van der Waals surface area contributed by atoms with Gasteiger partial charge in [-0.3, -0.25) is 0 Å². The van der Waals surface area contributed by atoms with Gasteiger partial charge >= 0.3 is 0 Å². The molecule has 0 radical (unpaired) electrons. The van der Waals surface area contributed by atoms with E-state index in [1.54, 1.807) is 13.1 Å². The SMILES string of the molecule is CCCc1ccc(Oc2ccc(/C=C/[C@H](C)CC(C)=O)cn2)c(C)c1. The Morgan fingerprint density at radius 2 is 2.08 bits per heavy atom. The summed E-state index contributed by atoms with van der Waals surface area (Å²) in [6.07, 6.45) is 8.61. The number of Topliss-reactive ketones (excluding diaryl/α,β-unsaturated/α-hetero) is 1. The van der Waals surface area contributed by atoms with Crippen LogP contribution < -0.4 is 4.74 Å². The molecule has 0 saturated carbocycles. The number of carbonyl (C=O) groups excluding carboxylic acids is 1. The monoisotopic (exact) mass is 337 g/mol. The lowest BCUT2D eigenvalue weighted by Gasteiger charge is -2.09. The molecule has 3 heteroatoms. The van der Waals surface area contributed by atoms with E-state index in [-0.39, 0.29) is 11.7 Å². The molecule has 0 spiro atoms. The maximum absolute atomic E-state index is 11.1. The van der Waals surface area contributed by atoms with E-state index in [1.165, 1.54) is 5.56 Å². The first-order valence-electron chi connectivity index (χ1n) is 8.89. The van der Waals surface area contributed by atoms with Crippen molar-refractivity contribution in [2.45, 2.75) is 47.0 Å². The first-order chi connectivity index (χ1) is 12.0. The van der Waals surface area contributed by atoms with Gasteiger partial charge in [-0.1, -0.05) is 44.6 Å².